The zero-order chi connectivity index (χ0) is 10.4. The van der Waals surface area contributed by atoms with Crippen molar-refractivity contribution in [3.63, 3.8) is 0 Å². The van der Waals surface area contributed by atoms with Gasteiger partial charge in [-0.15, -0.1) is 20.2 Å². The van der Waals surface area contributed by atoms with Gasteiger partial charge in [0, 0.05) is 0 Å². The molecule has 0 N–H and O–H groups in total. The highest BCUT2D eigenvalue weighted by Gasteiger charge is 2.14. The molecule has 0 aliphatic carbocycles. The average molecular weight is 194 g/mol. The first kappa shape index (κ1) is 11.4. The lowest BCUT2D eigenvalue weighted by Gasteiger charge is -2.13. The number of hydrogen-bond donors (Lipinski definition) is 0. The maximum Gasteiger partial charge on any atom is 0.294 e. The molecule has 0 aliphatic rings. The van der Waals surface area contributed by atoms with Gasteiger partial charge >= 0.3 is 0 Å². The van der Waals surface area contributed by atoms with Gasteiger partial charge in [-0.3, -0.25) is 0 Å². The summed E-state index contributed by atoms with van der Waals surface area (Å²) in [5, 5.41) is 17.8. The number of rotatable bonds is 6. The van der Waals surface area contributed by atoms with E-state index >= 15 is 0 Å². The predicted octanol–water partition coefficient (Wildman–Crippen LogP) is 0.570. The molecule has 0 rings (SSSR count). The van der Waals surface area contributed by atoms with Crippen LogP contribution < -0.4 is 0 Å². The summed E-state index contributed by atoms with van der Waals surface area (Å²) < 4.78 is 0. The highest BCUT2D eigenvalue weighted by Crippen LogP contribution is 2.05. The molecule has 8 heteroatoms. The molecule has 2 atom stereocenters. The van der Waals surface area contributed by atoms with Crippen molar-refractivity contribution in [2.24, 2.45) is 0 Å². The second-order valence-corrected chi connectivity index (χ2v) is 2.51. The molecule has 0 aromatic carbocycles. The van der Waals surface area contributed by atoms with Crippen LogP contribution in [0.2, 0.25) is 0 Å². The van der Waals surface area contributed by atoms with E-state index in [-0.39, 0.29) is 6.42 Å². The Morgan fingerprint density at radius 1 is 1.08 bits per heavy atom. The molecular formula is C5H10N2O6. The zero-order valence-electron chi connectivity index (χ0n) is 7.21. The molecule has 0 saturated carbocycles. The highest BCUT2D eigenvalue weighted by molar-refractivity contribution is 4.54. The van der Waals surface area contributed by atoms with Crippen molar-refractivity contribution in [3.05, 3.63) is 20.2 Å². The van der Waals surface area contributed by atoms with Crippen molar-refractivity contribution in [2.75, 3.05) is 0 Å². The third-order valence-corrected chi connectivity index (χ3v) is 1.20. The maximum atomic E-state index is 9.82. The van der Waals surface area contributed by atoms with E-state index in [9.17, 15) is 20.2 Å². The van der Waals surface area contributed by atoms with E-state index in [2.05, 4.69) is 9.68 Å². The lowest BCUT2D eigenvalue weighted by molar-refractivity contribution is -0.778. The molecule has 2 unspecified atom stereocenters. The minimum absolute atomic E-state index is 0.0853. The summed E-state index contributed by atoms with van der Waals surface area (Å²) in [7, 11) is 0. The molecule has 76 valence electrons. The summed E-state index contributed by atoms with van der Waals surface area (Å²) in [6, 6.07) is 0. The van der Waals surface area contributed by atoms with Crippen LogP contribution in [0.5, 0.6) is 0 Å². The number of nitrogens with zero attached hydrogens (tertiary/aromatic N) is 2. The van der Waals surface area contributed by atoms with Crippen LogP contribution in [0, 0.1) is 20.2 Å². The minimum Gasteiger partial charge on any atom is -0.311 e. The Morgan fingerprint density at radius 2 is 1.38 bits per heavy atom. The van der Waals surface area contributed by atoms with Crippen molar-refractivity contribution in [2.45, 2.75) is 32.5 Å². The van der Waals surface area contributed by atoms with Crippen LogP contribution in [-0.4, -0.2) is 22.4 Å². The largest absolute Gasteiger partial charge is 0.311 e. The maximum absolute atomic E-state index is 9.82. The van der Waals surface area contributed by atoms with Gasteiger partial charge in [0.1, 0.15) is 12.2 Å². The fraction of sp³-hybridized carbons (Fsp3) is 1.00. The Morgan fingerprint density at radius 3 is 1.62 bits per heavy atom. The minimum atomic E-state index is -0.941. The van der Waals surface area contributed by atoms with Crippen LogP contribution in [0.4, 0.5) is 0 Å². The molecule has 13 heavy (non-hydrogen) atoms. The van der Waals surface area contributed by atoms with E-state index < -0.39 is 22.4 Å². The van der Waals surface area contributed by atoms with Crippen LogP contribution >= 0.6 is 0 Å². The van der Waals surface area contributed by atoms with E-state index in [1.165, 1.54) is 13.8 Å². The first-order chi connectivity index (χ1) is 5.91. The first-order valence-electron chi connectivity index (χ1n) is 3.54. The van der Waals surface area contributed by atoms with Crippen LogP contribution in [-0.2, 0) is 9.68 Å². The van der Waals surface area contributed by atoms with Crippen LogP contribution in [0.3, 0.4) is 0 Å². The molecule has 0 spiro atoms. The van der Waals surface area contributed by atoms with Gasteiger partial charge in [0.15, 0.2) is 0 Å². The topological polar surface area (TPSA) is 105 Å². The van der Waals surface area contributed by atoms with E-state index in [0.717, 1.165) is 0 Å². The van der Waals surface area contributed by atoms with Gasteiger partial charge in [0.05, 0.1) is 0 Å². The molecular weight excluding hydrogens is 184 g/mol. The van der Waals surface area contributed by atoms with E-state index in [1.54, 1.807) is 0 Å². The van der Waals surface area contributed by atoms with Crippen molar-refractivity contribution >= 4 is 0 Å². The highest BCUT2D eigenvalue weighted by atomic mass is 17.0. The second kappa shape index (κ2) is 5.12. The number of hydrogen-bond acceptors (Lipinski definition) is 6. The van der Waals surface area contributed by atoms with Gasteiger partial charge in [0.2, 0.25) is 0 Å². The Kier molecular flexibility index (Phi) is 4.49. The SMILES string of the molecule is CC(CC(C)O[N+](=O)[O-])O[N+](=O)[O-]. The molecule has 0 radical (unpaired) electrons. The standard InChI is InChI=1S/C5H10N2O6/c1-4(12-6(8)9)3-5(2)13-7(10)11/h4-5H,3H2,1-2H3. The zero-order valence-corrected chi connectivity index (χ0v) is 7.21. The van der Waals surface area contributed by atoms with Crippen LogP contribution in [0.15, 0.2) is 0 Å². The molecule has 0 bridgehead atoms. The third-order valence-electron chi connectivity index (χ3n) is 1.20. The van der Waals surface area contributed by atoms with Gasteiger partial charge < -0.3 is 9.68 Å². The lowest BCUT2D eigenvalue weighted by Crippen LogP contribution is -2.22. The first-order valence-corrected chi connectivity index (χ1v) is 3.54. The summed E-state index contributed by atoms with van der Waals surface area (Å²) in [6.45, 7) is 2.87. The van der Waals surface area contributed by atoms with Gasteiger partial charge in [0.25, 0.3) is 10.2 Å². The molecule has 0 aromatic heterocycles. The van der Waals surface area contributed by atoms with E-state index in [4.69, 9.17) is 0 Å². The molecule has 0 heterocycles. The van der Waals surface area contributed by atoms with E-state index in [0.29, 0.717) is 0 Å². The fourth-order valence-corrected chi connectivity index (χ4v) is 0.847. The summed E-state index contributed by atoms with van der Waals surface area (Å²) in [5.41, 5.74) is 0. The predicted molar refractivity (Wildman–Crippen MR) is 39.7 cm³/mol. The molecule has 0 aliphatic heterocycles. The van der Waals surface area contributed by atoms with Gasteiger partial charge in [-0.25, -0.2) is 0 Å². The van der Waals surface area contributed by atoms with Crippen molar-refractivity contribution in [3.8, 4) is 0 Å². The summed E-state index contributed by atoms with van der Waals surface area (Å²) in [5.74, 6) is 0. The second-order valence-electron chi connectivity index (χ2n) is 2.51. The lowest BCUT2D eigenvalue weighted by atomic mass is 10.2. The average Bonchev–Trinajstić information content (AvgIpc) is 1.80. The summed E-state index contributed by atoms with van der Waals surface area (Å²) in [6.07, 6.45) is -1.35. The molecule has 0 amide bonds. The van der Waals surface area contributed by atoms with Crippen molar-refractivity contribution in [1.82, 2.24) is 0 Å². The molecule has 8 nitrogen and oxygen atoms in total. The van der Waals surface area contributed by atoms with Crippen molar-refractivity contribution in [1.29, 1.82) is 0 Å². The quantitative estimate of drug-likeness (QED) is 0.452. The van der Waals surface area contributed by atoms with Gasteiger partial charge in [-0.05, 0) is 20.3 Å². The Balaban J connectivity index is 3.70. The Bertz CT molecular complexity index is 175. The molecule has 0 saturated heterocycles. The van der Waals surface area contributed by atoms with Crippen LogP contribution in [0.1, 0.15) is 20.3 Å². The normalized spacial score (nSPS) is 14.3. The van der Waals surface area contributed by atoms with E-state index in [1.807, 2.05) is 0 Å². The molecule has 0 fully saturated rings. The monoisotopic (exact) mass is 194 g/mol. The Labute approximate surface area is 73.6 Å². The van der Waals surface area contributed by atoms with Crippen molar-refractivity contribution < 1.29 is 19.8 Å². The molecule has 0 aromatic rings. The van der Waals surface area contributed by atoms with Gasteiger partial charge in [-0.1, -0.05) is 0 Å². The third kappa shape index (κ3) is 6.78. The van der Waals surface area contributed by atoms with Crippen LogP contribution in [0.25, 0.3) is 0 Å². The summed E-state index contributed by atoms with van der Waals surface area (Å²) in [4.78, 5) is 27.9. The summed E-state index contributed by atoms with van der Waals surface area (Å²) >= 11 is 0. The van der Waals surface area contributed by atoms with Gasteiger partial charge in [-0.2, -0.15) is 0 Å². The smallest absolute Gasteiger partial charge is 0.294 e. The fourth-order valence-electron chi connectivity index (χ4n) is 0.847. The Hall–Kier alpha value is -1.60.